The summed E-state index contributed by atoms with van der Waals surface area (Å²) in [7, 11) is 0. The Balaban J connectivity index is 0.00000182. The molecule has 0 N–H and O–H groups in total. The van der Waals surface area contributed by atoms with Gasteiger partial charge in [-0.05, 0) is 6.20 Å². The first-order valence-electron chi connectivity index (χ1n) is 7.77. The van der Waals surface area contributed by atoms with Crippen molar-refractivity contribution in [1.82, 2.24) is 9.97 Å². The summed E-state index contributed by atoms with van der Waals surface area (Å²) in [6.45, 7) is 0. The Hall–Kier alpha value is -2.16. The number of nitrogens with zero attached hydrogens (tertiary/aromatic N) is 2. The first-order chi connectivity index (χ1) is 11.9. The fourth-order valence-corrected chi connectivity index (χ4v) is 2.71. The van der Waals surface area contributed by atoms with Gasteiger partial charge < -0.3 is 9.97 Å². The summed E-state index contributed by atoms with van der Waals surface area (Å²) in [6, 6.07) is 25.8. The van der Waals surface area contributed by atoms with E-state index in [1.807, 2.05) is 54.9 Å². The van der Waals surface area contributed by atoms with E-state index in [0.717, 1.165) is 33.4 Å². The smallest absolute Gasteiger partial charge is 0 e. The molecule has 0 saturated carbocycles. The maximum absolute atomic E-state index is 4.39. The van der Waals surface area contributed by atoms with E-state index in [-0.39, 0.29) is 32.7 Å². The van der Waals surface area contributed by atoms with Gasteiger partial charge in [0.15, 0.2) is 0 Å². The van der Waals surface area contributed by atoms with Crippen molar-refractivity contribution in [3.8, 4) is 33.4 Å². The maximum Gasteiger partial charge on any atom is 0 e. The average molecular weight is 395 g/mol. The van der Waals surface area contributed by atoms with Crippen LogP contribution in [0.2, 0.25) is 0 Å². The van der Waals surface area contributed by atoms with Crippen LogP contribution < -0.4 is 0 Å². The molecule has 0 aliphatic rings. The van der Waals surface area contributed by atoms with Crippen LogP contribution in [-0.2, 0) is 32.7 Å². The second kappa shape index (κ2) is 8.29. The zero-order valence-corrected chi connectivity index (χ0v) is 16.4. The molecule has 0 aliphatic heterocycles. The van der Waals surface area contributed by atoms with Crippen LogP contribution in [0.5, 0.6) is 0 Å². The van der Waals surface area contributed by atoms with Gasteiger partial charge in [0, 0.05) is 32.7 Å². The summed E-state index contributed by atoms with van der Waals surface area (Å²) in [5, 5.41) is 0. The molecule has 0 saturated heterocycles. The molecule has 0 fully saturated rings. The van der Waals surface area contributed by atoms with Crippen molar-refractivity contribution < 1.29 is 32.7 Å². The number of pyridine rings is 2. The summed E-state index contributed by atoms with van der Waals surface area (Å²) in [6.07, 6.45) is 8.52. The van der Waals surface area contributed by atoms with E-state index in [1.54, 1.807) is 6.20 Å². The van der Waals surface area contributed by atoms with Crippen molar-refractivity contribution in [2.75, 3.05) is 0 Å². The summed E-state index contributed by atoms with van der Waals surface area (Å²) in [5.41, 5.74) is 6.07. The topological polar surface area (TPSA) is 25.8 Å². The standard InChI is InChI=1S/C22H14N2.Y/c1-3-7-17(8-4-1)19-13-20(15-24-14-19)22-16-23-12-11-21(22)18-9-5-2-6-10-18;/h1-12,14-15H;/q-2;. The molecular formula is C22H14N2Y-2. The molecule has 2 heterocycles. The van der Waals surface area contributed by atoms with Gasteiger partial charge in [-0.2, -0.15) is 17.2 Å². The monoisotopic (exact) mass is 395 g/mol. The van der Waals surface area contributed by atoms with Crippen molar-refractivity contribution in [2.24, 2.45) is 0 Å². The zero-order valence-electron chi connectivity index (χ0n) is 13.6. The maximum atomic E-state index is 4.39. The van der Waals surface area contributed by atoms with Crippen LogP contribution in [0.15, 0.2) is 85.3 Å². The van der Waals surface area contributed by atoms with Crippen LogP contribution in [0.25, 0.3) is 33.4 Å². The van der Waals surface area contributed by atoms with Gasteiger partial charge in [0.2, 0.25) is 0 Å². The van der Waals surface area contributed by atoms with Crippen LogP contribution >= 0.6 is 0 Å². The van der Waals surface area contributed by atoms with E-state index in [2.05, 4.69) is 46.5 Å². The summed E-state index contributed by atoms with van der Waals surface area (Å²) in [4.78, 5) is 8.57. The fourth-order valence-electron chi connectivity index (χ4n) is 2.71. The molecule has 0 unspecified atom stereocenters. The minimum atomic E-state index is 0. The van der Waals surface area contributed by atoms with Crippen molar-refractivity contribution in [3.63, 3.8) is 0 Å². The zero-order chi connectivity index (χ0) is 16.2. The van der Waals surface area contributed by atoms with Crippen molar-refractivity contribution in [1.29, 1.82) is 0 Å². The summed E-state index contributed by atoms with van der Waals surface area (Å²) in [5.74, 6) is 0. The molecule has 4 rings (SSSR count). The van der Waals surface area contributed by atoms with Crippen LogP contribution in [-0.4, -0.2) is 9.97 Å². The molecule has 0 spiro atoms. The van der Waals surface area contributed by atoms with E-state index >= 15 is 0 Å². The van der Waals surface area contributed by atoms with Gasteiger partial charge in [-0.25, -0.2) is 0 Å². The third-order valence-corrected chi connectivity index (χ3v) is 3.88. The van der Waals surface area contributed by atoms with Gasteiger partial charge in [-0.15, -0.1) is 17.2 Å². The van der Waals surface area contributed by atoms with Crippen LogP contribution in [0.3, 0.4) is 0 Å². The predicted molar refractivity (Wildman–Crippen MR) is 96.0 cm³/mol. The third kappa shape index (κ3) is 3.92. The van der Waals surface area contributed by atoms with Crippen LogP contribution in [0.1, 0.15) is 0 Å². The molecule has 0 amide bonds. The number of rotatable bonds is 3. The summed E-state index contributed by atoms with van der Waals surface area (Å²) >= 11 is 0. The third-order valence-electron chi connectivity index (χ3n) is 3.88. The molecule has 0 aliphatic carbocycles. The Labute approximate surface area is 172 Å². The normalized spacial score (nSPS) is 10.1. The van der Waals surface area contributed by atoms with E-state index in [4.69, 9.17) is 0 Å². The number of hydrogen-bond acceptors (Lipinski definition) is 2. The van der Waals surface area contributed by atoms with Gasteiger partial charge in [-0.1, -0.05) is 90.4 Å². The van der Waals surface area contributed by atoms with Gasteiger partial charge in [0.1, 0.15) is 0 Å². The Morgan fingerprint density at radius 1 is 0.680 bits per heavy atom. The van der Waals surface area contributed by atoms with Gasteiger partial charge >= 0.3 is 0 Å². The SMILES string of the molecule is [Y].[c-]1c(-c2ccccc2)cncc1-c1[c-]nccc1-c1ccccc1. The minimum absolute atomic E-state index is 0. The molecule has 2 nitrogen and oxygen atoms in total. The van der Waals surface area contributed by atoms with E-state index in [1.165, 1.54) is 0 Å². The molecular weight excluding hydrogens is 381 g/mol. The molecule has 1 radical (unpaired) electrons. The number of aromatic nitrogens is 2. The van der Waals surface area contributed by atoms with Gasteiger partial charge in [0.05, 0.1) is 0 Å². The molecule has 25 heavy (non-hydrogen) atoms. The second-order valence-electron chi connectivity index (χ2n) is 5.44. The summed E-state index contributed by atoms with van der Waals surface area (Å²) < 4.78 is 0. The minimum Gasteiger partial charge on any atom is -0.369 e. The quantitative estimate of drug-likeness (QED) is 0.453. The Morgan fingerprint density at radius 3 is 2.04 bits per heavy atom. The Morgan fingerprint density at radius 2 is 1.32 bits per heavy atom. The van der Waals surface area contributed by atoms with E-state index < -0.39 is 0 Å². The van der Waals surface area contributed by atoms with E-state index in [9.17, 15) is 0 Å². The first-order valence-corrected chi connectivity index (χ1v) is 7.77. The number of benzene rings is 2. The Kier molecular flexibility index (Phi) is 5.85. The van der Waals surface area contributed by atoms with Crippen LogP contribution in [0, 0.1) is 12.3 Å². The van der Waals surface area contributed by atoms with E-state index in [0.29, 0.717) is 0 Å². The molecule has 0 atom stereocenters. The molecule has 117 valence electrons. The molecule has 0 bridgehead atoms. The second-order valence-corrected chi connectivity index (χ2v) is 5.44. The average Bonchev–Trinajstić information content (AvgIpc) is 2.69. The van der Waals surface area contributed by atoms with Crippen LogP contribution in [0.4, 0.5) is 0 Å². The molecule has 2 aromatic heterocycles. The van der Waals surface area contributed by atoms with Crippen molar-refractivity contribution in [3.05, 3.63) is 97.6 Å². The van der Waals surface area contributed by atoms with Crippen molar-refractivity contribution >= 4 is 0 Å². The molecule has 4 aromatic rings. The van der Waals surface area contributed by atoms with Gasteiger partial charge in [0.25, 0.3) is 0 Å². The van der Waals surface area contributed by atoms with Crippen molar-refractivity contribution in [2.45, 2.75) is 0 Å². The Bertz CT molecular complexity index is 954. The molecule has 2 aromatic carbocycles. The predicted octanol–water partition coefficient (Wildman–Crippen LogP) is 5.08. The largest absolute Gasteiger partial charge is 0.369 e. The number of hydrogen-bond donors (Lipinski definition) is 0. The fraction of sp³-hybridized carbons (Fsp3) is 0. The van der Waals surface area contributed by atoms with Gasteiger partial charge in [-0.3, -0.25) is 0 Å². The molecule has 3 heteroatoms. The first kappa shape index (κ1) is 17.7.